The fourth-order valence-electron chi connectivity index (χ4n) is 5.09. The van der Waals surface area contributed by atoms with E-state index in [1.165, 1.54) is 0 Å². The highest BCUT2D eigenvalue weighted by atomic mass is 32.2. The van der Waals surface area contributed by atoms with Gasteiger partial charge < -0.3 is 18.9 Å². The molecule has 0 spiro atoms. The molecule has 4 aromatic rings. The van der Waals surface area contributed by atoms with E-state index in [1.54, 1.807) is 48.7 Å². The second-order valence-electron chi connectivity index (χ2n) is 10.1. The SMILES string of the molecule is CCC(=Cc1sc2cc(OC)c3ccsc3c2[n+]1CCCS(=O)(=O)[O-])C=C1Sc2ccc(OC)cc2N1CCCS(=O)(=O)O. The summed E-state index contributed by atoms with van der Waals surface area (Å²) in [7, 11) is -5.23. The van der Waals surface area contributed by atoms with E-state index < -0.39 is 26.0 Å². The fourth-order valence-corrected chi connectivity index (χ4v) is 9.44. The number of hydrogen-bond acceptors (Lipinski definition) is 11. The summed E-state index contributed by atoms with van der Waals surface area (Å²) in [6, 6.07) is 9.75. The van der Waals surface area contributed by atoms with Gasteiger partial charge in [-0.1, -0.05) is 30.0 Å². The lowest BCUT2D eigenvalue weighted by Gasteiger charge is -2.21. The number of rotatable bonds is 13. The lowest BCUT2D eigenvalue weighted by atomic mass is 10.2. The summed E-state index contributed by atoms with van der Waals surface area (Å²) >= 11 is 4.72. The average molecular weight is 697 g/mol. The van der Waals surface area contributed by atoms with Crippen LogP contribution in [0.15, 0.2) is 57.3 Å². The molecule has 236 valence electrons. The Hall–Kier alpha value is -2.66. The van der Waals surface area contributed by atoms with Gasteiger partial charge in [0.2, 0.25) is 5.52 Å². The molecule has 44 heavy (non-hydrogen) atoms. The number of ether oxygens (including phenoxy) is 2. The highest BCUT2D eigenvalue weighted by molar-refractivity contribution is 8.03. The van der Waals surface area contributed by atoms with Crippen molar-refractivity contribution in [2.24, 2.45) is 0 Å². The first kappa shape index (κ1) is 32.7. The zero-order chi connectivity index (χ0) is 31.6. The van der Waals surface area contributed by atoms with Crippen molar-refractivity contribution in [3.63, 3.8) is 0 Å². The molecule has 15 heteroatoms. The van der Waals surface area contributed by atoms with Gasteiger partial charge in [0.1, 0.15) is 20.9 Å². The Labute approximate surface area is 269 Å². The first-order valence-corrected chi connectivity index (χ1v) is 19.5. The highest BCUT2D eigenvalue weighted by Gasteiger charge is 2.28. The molecule has 0 unspecified atom stereocenters. The number of methoxy groups -OCH3 is 2. The molecule has 0 radical (unpaired) electrons. The van der Waals surface area contributed by atoms with Gasteiger partial charge in [0, 0.05) is 47.2 Å². The Morgan fingerprint density at radius 3 is 2.57 bits per heavy atom. The van der Waals surface area contributed by atoms with Gasteiger partial charge in [-0.15, -0.1) is 11.3 Å². The standard InChI is InChI=1S/C29H32N2O8S5/c1-4-19(15-26-30(10-5-13-43(32,33)34)22-17-20(38-2)7-8-24(22)41-26)16-27-31(11-6-14-44(35,36)37)28-25(42-27)18-23(39-3)21-9-12-40-29(21)28/h7-9,12,15-18H,4-6,10-11,13-14H2,1-3H3,(H-,32,33,34,35,36,37). The summed E-state index contributed by atoms with van der Waals surface area (Å²) in [6.45, 7) is 2.77. The summed E-state index contributed by atoms with van der Waals surface area (Å²) < 4.78 is 81.6. The molecular weight excluding hydrogens is 665 g/mol. The van der Waals surface area contributed by atoms with Gasteiger partial charge in [-0.3, -0.25) is 4.55 Å². The quantitative estimate of drug-likeness (QED) is 0.133. The van der Waals surface area contributed by atoms with Crippen LogP contribution < -0.4 is 18.9 Å². The van der Waals surface area contributed by atoms with E-state index in [0.29, 0.717) is 25.3 Å². The summed E-state index contributed by atoms with van der Waals surface area (Å²) in [6.07, 6.45) is 5.25. The molecule has 1 aliphatic heterocycles. The number of thioether (sulfide) groups is 1. The lowest BCUT2D eigenvalue weighted by molar-refractivity contribution is -0.667. The van der Waals surface area contributed by atoms with E-state index in [0.717, 1.165) is 52.2 Å². The van der Waals surface area contributed by atoms with Crippen LogP contribution in [-0.2, 0) is 26.8 Å². The number of benzene rings is 2. The third-order valence-electron chi connectivity index (χ3n) is 7.14. The molecule has 5 rings (SSSR count). The molecule has 0 bridgehead atoms. The molecule has 0 saturated heterocycles. The third-order valence-corrected chi connectivity index (χ3v) is 11.8. The predicted octanol–water partition coefficient (Wildman–Crippen LogP) is 5.88. The van der Waals surface area contributed by atoms with Gasteiger partial charge in [0.05, 0.1) is 40.8 Å². The summed E-state index contributed by atoms with van der Waals surface area (Å²) in [5.41, 5.74) is 2.87. The van der Waals surface area contributed by atoms with E-state index in [1.807, 2.05) is 47.5 Å². The first-order chi connectivity index (χ1) is 20.9. The molecule has 3 heterocycles. The van der Waals surface area contributed by atoms with Crippen molar-refractivity contribution in [1.82, 2.24) is 0 Å². The maximum absolute atomic E-state index is 11.4. The minimum absolute atomic E-state index is 0.180. The summed E-state index contributed by atoms with van der Waals surface area (Å²) in [4.78, 5) is 3.04. The number of allylic oxidation sites excluding steroid dienone is 2. The van der Waals surface area contributed by atoms with E-state index in [2.05, 4.69) is 16.7 Å². The molecule has 2 aromatic carbocycles. The zero-order valence-electron chi connectivity index (χ0n) is 24.3. The molecule has 2 aromatic heterocycles. The predicted molar refractivity (Wildman–Crippen MR) is 177 cm³/mol. The smallest absolute Gasteiger partial charge is 0.264 e. The second kappa shape index (κ2) is 13.4. The molecule has 0 atom stereocenters. The van der Waals surface area contributed by atoms with Gasteiger partial charge in [-0.25, -0.2) is 8.42 Å². The van der Waals surface area contributed by atoms with Gasteiger partial charge >= 0.3 is 0 Å². The van der Waals surface area contributed by atoms with Crippen molar-refractivity contribution < 1.29 is 40.0 Å². The first-order valence-electron chi connectivity index (χ1n) is 13.8. The van der Waals surface area contributed by atoms with E-state index in [4.69, 9.17) is 9.47 Å². The molecule has 0 amide bonds. The van der Waals surface area contributed by atoms with Crippen molar-refractivity contribution in [3.05, 3.63) is 57.4 Å². The van der Waals surface area contributed by atoms with Gasteiger partial charge in [0.25, 0.3) is 15.1 Å². The molecule has 1 aliphatic rings. The topological polar surface area (TPSA) is 137 Å². The Morgan fingerprint density at radius 1 is 1.09 bits per heavy atom. The van der Waals surface area contributed by atoms with Crippen molar-refractivity contribution in [1.29, 1.82) is 0 Å². The number of hydrogen-bond donors (Lipinski definition) is 1. The molecule has 1 N–H and O–H groups in total. The van der Waals surface area contributed by atoms with Gasteiger partial charge in [-0.2, -0.15) is 13.0 Å². The number of nitrogens with zero attached hydrogens (tertiary/aromatic N) is 2. The maximum atomic E-state index is 11.4. The Morgan fingerprint density at radius 2 is 1.89 bits per heavy atom. The van der Waals surface area contributed by atoms with Gasteiger partial charge in [-0.05, 0) is 48.1 Å². The van der Waals surface area contributed by atoms with E-state index >= 15 is 0 Å². The number of thiophene rings is 1. The van der Waals surface area contributed by atoms with E-state index in [-0.39, 0.29) is 18.6 Å². The minimum atomic E-state index is -4.36. The van der Waals surface area contributed by atoms with Crippen molar-refractivity contribution in [2.45, 2.75) is 37.6 Å². The molecule has 10 nitrogen and oxygen atoms in total. The van der Waals surface area contributed by atoms with Crippen LogP contribution in [0.25, 0.3) is 26.4 Å². The normalized spacial score (nSPS) is 15.1. The van der Waals surface area contributed by atoms with Crippen LogP contribution in [-0.4, -0.2) is 58.2 Å². The highest BCUT2D eigenvalue weighted by Crippen LogP contribution is 2.48. The lowest BCUT2D eigenvalue weighted by Crippen LogP contribution is -2.36. The number of aryl methyl sites for hydroxylation is 1. The van der Waals surface area contributed by atoms with Crippen LogP contribution in [0.5, 0.6) is 11.5 Å². The fraction of sp³-hybridized carbons (Fsp3) is 0.345. The molecule has 0 fully saturated rings. The van der Waals surface area contributed by atoms with Crippen LogP contribution in [0.2, 0.25) is 0 Å². The molecule has 0 aliphatic carbocycles. The van der Waals surface area contributed by atoms with Crippen molar-refractivity contribution in [3.8, 4) is 11.5 Å². The summed E-state index contributed by atoms with van der Waals surface area (Å²) in [5.74, 6) is 0.636. The largest absolute Gasteiger partial charge is 0.748 e. The monoisotopic (exact) mass is 696 g/mol. The third kappa shape index (κ3) is 7.41. The van der Waals surface area contributed by atoms with Crippen LogP contribution in [0, 0.1) is 0 Å². The number of fused-ring (bicyclic) bond motifs is 4. The van der Waals surface area contributed by atoms with Crippen LogP contribution in [0.1, 0.15) is 31.2 Å². The Bertz CT molecular complexity index is 1980. The van der Waals surface area contributed by atoms with E-state index in [9.17, 15) is 25.9 Å². The van der Waals surface area contributed by atoms with Crippen LogP contribution >= 0.6 is 34.4 Å². The minimum Gasteiger partial charge on any atom is -0.748 e. The second-order valence-corrected chi connectivity index (χ2v) is 16.2. The van der Waals surface area contributed by atoms with Crippen LogP contribution in [0.3, 0.4) is 0 Å². The molecular formula is C29H32N2O8S5. The Kier molecular flexibility index (Phi) is 9.94. The average Bonchev–Trinajstić information content (AvgIpc) is 3.66. The number of thiazole rings is 1. The molecule has 0 saturated carbocycles. The van der Waals surface area contributed by atoms with Crippen molar-refractivity contribution >= 4 is 86.7 Å². The zero-order valence-corrected chi connectivity index (χ0v) is 28.4. The number of aromatic nitrogens is 1. The number of anilines is 1. The Balaban J connectivity index is 1.58. The summed E-state index contributed by atoms with van der Waals surface area (Å²) in [5, 5.41) is 4.77. The maximum Gasteiger partial charge on any atom is 0.264 e. The van der Waals surface area contributed by atoms with Crippen LogP contribution in [0.4, 0.5) is 5.69 Å². The van der Waals surface area contributed by atoms with Gasteiger partial charge in [0.15, 0.2) is 6.54 Å². The van der Waals surface area contributed by atoms with Crippen molar-refractivity contribution in [2.75, 3.05) is 37.2 Å².